The van der Waals surface area contributed by atoms with Crippen LogP contribution >= 0.6 is 0 Å². The molecule has 1 aliphatic rings. The van der Waals surface area contributed by atoms with E-state index < -0.39 is 0 Å². The van der Waals surface area contributed by atoms with Crippen molar-refractivity contribution in [3.8, 4) is 0 Å². The van der Waals surface area contributed by atoms with Crippen LogP contribution in [0.1, 0.15) is 18.7 Å². The molecule has 0 saturated heterocycles. The Morgan fingerprint density at radius 2 is 1.87 bits per heavy atom. The van der Waals surface area contributed by atoms with E-state index in [-0.39, 0.29) is 6.17 Å². The molecule has 0 bridgehead atoms. The maximum atomic E-state index is 5.95. The van der Waals surface area contributed by atoms with Gasteiger partial charge in [-0.05, 0) is 30.2 Å². The van der Waals surface area contributed by atoms with Gasteiger partial charge in [-0.1, -0.05) is 48.5 Å². The molecule has 2 aromatic carbocycles. The summed E-state index contributed by atoms with van der Waals surface area (Å²) >= 11 is 0. The molecule has 1 unspecified atom stereocenters. The third-order valence-corrected chi connectivity index (χ3v) is 3.94. The van der Waals surface area contributed by atoms with Gasteiger partial charge in [0, 0.05) is 0 Å². The normalized spacial score (nSPS) is 17.5. The molecule has 5 heteroatoms. The topological polar surface area (TPSA) is 68.2 Å². The highest BCUT2D eigenvalue weighted by Gasteiger charge is 2.24. The SMILES string of the molecule is C/C(=C/c1ccccc1)C1N=C(N)Nc2nc3ccccc3n21. The summed E-state index contributed by atoms with van der Waals surface area (Å²) in [5.41, 5.74) is 10.2. The maximum Gasteiger partial charge on any atom is 0.212 e. The van der Waals surface area contributed by atoms with Gasteiger partial charge in [-0.2, -0.15) is 0 Å². The van der Waals surface area contributed by atoms with Crippen molar-refractivity contribution in [2.45, 2.75) is 13.1 Å². The second-order valence-corrected chi connectivity index (χ2v) is 5.61. The zero-order valence-corrected chi connectivity index (χ0v) is 12.8. The molecule has 0 spiro atoms. The minimum absolute atomic E-state index is 0.196. The predicted octanol–water partition coefficient (Wildman–Crippen LogP) is 3.38. The van der Waals surface area contributed by atoms with E-state index in [0.29, 0.717) is 5.96 Å². The van der Waals surface area contributed by atoms with Gasteiger partial charge >= 0.3 is 0 Å². The Labute approximate surface area is 134 Å². The molecule has 0 fully saturated rings. The second kappa shape index (κ2) is 5.28. The van der Waals surface area contributed by atoms with Crippen molar-refractivity contribution < 1.29 is 0 Å². The van der Waals surface area contributed by atoms with E-state index in [9.17, 15) is 0 Å². The molecule has 1 aliphatic heterocycles. The number of hydrogen-bond acceptors (Lipinski definition) is 4. The standard InChI is InChI=1S/C18H17N5/c1-12(11-13-7-3-2-4-8-13)16-21-17(19)22-18-20-14-9-5-6-10-15(14)23(16)18/h2-11,16H,1H3,(H3,19,20,21,22)/b12-11-. The van der Waals surface area contributed by atoms with Crippen LogP contribution in [-0.4, -0.2) is 15.5 Å². The average Bonchev–Trinajstić information content (AvgIpc) is 2.93. The lowest BCUT2D eigenvalue weighted by atomic mass is 10.1. The summed E-state index contributed by atoms with van der Waals surface area (Å²) in [5.74, 6) is 1.11. The number of imidazole rings is 1. The highest BCUT2D eigenvalue weighted by atomic mass is 15.4. The van der Waals surface area contributed by atoms with E-state index in [0.717, 1.165) is 28.1 Å². The number of nitrogens with zero attached hydrogens (tertiary/aromatic N) is 3. The van der Waals surface area contributed by atoms with Crippen LogP contribution in [0.5, 0.6) is 0 Å². The Bertz CT molecular complexity index is 921. The highest BCUT2D eigenvalue weighted by molar-refractivity contribution is 5.94. The van der Waals surface area contributed by atoms with Crippen LogP contribution in [0.2, 0.25) is 0 Å². The van der Waals surface area contributed by atoms with Gasteiger partial charge in [0.25, 0.3) is 0 Å². The lowest BCUT2D eigenvalue weighted by Crippen LogP contribution is -2.31. The first-order valence-electron chi connectivity index (χ1n) is 7.53. The Kier molecular flexibility index (Phi) is 3.12. The Morgan fingerprint density at radius 1 is 1.13 bits per heavy atom. The number of anilines is 1. The van der Waals surface area contributed by atoms with Crippen molar-refractivity contribution in [1.82, 2.24) is 9.55 Å². The number of fused-ring (bicyclic) bond motifs is 3. The predicted molar refractivity (Wildman–Crippen MR) is 94.1 cm³/mol. The van der Waals surface area contributed by atoms with Crippen molar-refractivity contribution in [2.24, 2.45) is 10.7 Å². The molecule has 23 heavy (non-hydrogen) atoms. The van der Waals surface area contributed by atoms with Crippen molar-refractivity contribution in [3.63, 3.8) is 0 Å². The van der Waals surface area contributed by atoms with Gasteiger partial charge in [-0.25, -0.2) is 9.98 Å². The first kappa shape index (κ1) is 13.6. The van der Waals surface area contributed by atoms with E-state index in [4.69, 9.17) is 5.73 Å². The quantitative estimate of drug-likeness (QED) is 0.762. The van der Waals surface area contributed by atoms with Crippen molar-refractivity contribution in [1.29, 1.82) is 0 Å². The van der Waals surface area contributed by atoms with Gasteiger partial charge < -0.3 is 5.73 Å². The van der Waals surface area contributed by atoms with Crippen LogP contribution in [0.4, 0.5) is 5.95 Å². The summed E-state index contributed by atoms with van der Waals surface area (Å²) in [4.78, 5) is 9.19. The van der Waals surface area contributed by atoms with Gasteiger partial charge in [-0.15, -0.1) is 0 Å². The first-order valence-corrected chi connectivity index (χ1v) is 7.53. The van der Waals surface area contributed by atoms with E-state index >= 15 is 0 Å². The van der Waals surface area contributed by atoms with Gasteiger partial charge in [0.05, 0.1) is 11.0 Å². The first-order chi connectivity index (χ1) is 11.2. The molecule has 5 nitrogen and oxygen atoms in total. The van der Waals surface area contributed by atoms with Gasteiger partial charge in [0.2, 0.25) is 5.95 Å². The zero-order valence-electron chi connectivity index (χ0n) is 12.8. The summed E-state index contributed by atoms with van der Waals surface area (Å²) in [6, 6.07) is 18.2. The fourth-order valence-corrected chi connectivity index (χ4v) is 2.91. The van der Waals surface area contributed by atoms with Crippen molar-refractivity contribution in [3.05, 3.63) is 65.7 Å². The number of nitrogens with two attached hydrogens (primary N) is 1. The number of rotatable bonds is 2. The van der Waals surface area contributed by atoms with Crippen molar-refractivity contribution >= 4 is 29.0 Å². The lowest BCUT2D eigenvalue weighted by molar-refractivity contribution is 0.616. The summed E-state index contributed by atoms with van der Waals surface area (Å²) < 4.78 is 2.08. The monoisotopic (exact) mass is 303 g/mol. The smallest absolute Gasteiger partial charge is 0.212 e. The number of aromatic nitrogens is 2. The van der Waals surface area contributed by atoms with Crippen LogP contribution in [0.25, 0.3) is 17.1 Å². The van der Waals surface area contributed by atoms with Gasteiger partial charge in [0.15, 0.2) is 12.1 Å². The number of benzene rings is 2. The Balaban J connectivity index is 1.85. The molecule has 4 rings (SSSR count). The fraction of sp³-hybridized carbons (Fsp3) is 0.111. The molecule has 0 saturated carbocycles. The summed E-state index contributed by atoms with van der Waals surface area (Å²) in [6.45, 7) is 2.07. The molecule has 0 radical (unpaired) electrons. The number of guanidine groups is 1. The van der Waals surface area contributed by atoms with E-state index in [2.05, 4.69) is 45.0 Å². The molecule has 1 atom stereocenters. The van der Waals surface area contributed by atoms with Gasteiger partial charge in [0.1, 0.15) is 0 Å². The van der Waals surface area contributed by atoms with E-state index in [1.165, 1.54) is 0 Å². The molecule has 3 N–H and O–H groups in total. The second-order valence-electron chi connectivity index (χ2n) is 5.61. The minimum Gasteiger partial charge on any atom is -0.370 e. The molecule has 0 amide bonds. The molecular weight excluding hydrogens is 286 g/mol. The third kappa shape index (κ3) is 2.36. The number of aliphatic imine (C=N–C) groups is 1. The van der Waals surface area contributed by atoms with Crippen LogP contribution in [-0.2, 0) is 0 Å². The summed E-state index contributed by atoms with van der Waals surface area (Å²) in [5, 5.41) is 3.05. The van der Waals surface area contributed by atoms with Crippen LogP contribution in [0, 0.1) is 0 Å². The van der Waals surface area contributed by atoms with Gasteiger partial charge in [-0.3, -0.25) is 9.88 Å². The zero-order chi connectivity index (χ0) is 15.8. The maximum absolute atomic E-state index is 5.95. The summed E-state index contributed by atoms with van der Waals surface area (Å²) in [7, 11) is 0. The number of para-hydroxylation sites is 2. The molecule has 3 aromatic rings. The Hall–Kier alpha value is -3.08. The summed E-state index contributed by atoms with van der Waals surface area (Å²) in [6.07, 6.45) is 1.93. The van der Waals surface area contributed by atoms with Crippen LogP contribution in [0.3, 0.4) is 0 Å². The van der Waals surface area contributed by atoms with E-state index in [1.54, 1.807) is 0 Å². The highest BCUT2D eigenvalue weighted by Crippen LogP contribution is 2.32. The minimum atomic E-state index is -0.196. The fourth-order valence-electron chi connectivity index (χ4n) is 2.91. The lowest BCUT2D eigenvalue weighted by Gasteiger charge is -2.24. The molecular formula is C18H17N5. The molecule has 0 aliphatic carbocycles. The molecule has 2 heterocycles. The molecule has 114 valence electrons. The number of hydrogen-bond donors (Lipinski definition) is 2. The van der Waals surface area contributed by atoms with Crippen LogP contribution in [0.15, 0.2) is 65.2 Å². The molecule has 1 aromatic heterocycles. The Morgan fingerprint density at radius 3 is 2.70 bits per heavy atom. The van der Waals surface area contributed by atoms with E-state index in [1.807, 2.05) is 42.5 Å². The number of nitrogens with one attached hydrogen (secondary N) is 1. The van der Waals surface area contributed by atoms with Crippen molar-refractivity contribution in [2.75, 3.05) is 5.32 Å². The van der Waals surface area contributed by atoms with Crippen LogP contribution < -0.4 is 11.1 Å². The largest absolute Gasteiger partial charge is 0.370 e. The third-order valence-electron chi connectivity index (χ3n) is 3.94. The average molecular weight is 303 g/mol.